The summed E-state index contributed by atoms with van der Waals surface area (Å²) < 4.78 is 5.60. The Hall–Kier alpha value is -1.39. The maximum Gasteiger partial charge on any atom is 0.145 e. The van der Waals surface area contributed by atoms with Gasteiger partial charge in [0.25, 0.3) is 0 Å². The van der Waals surface area contributed by atoms with Gasteiger partial charge in [0, 0.05) is 18.0 Å². The molecule has 0 bridgehead atoms. The molecule has 1 heterocycles. The van der Waals surface area contributed by atoms with Crippen LogP contribution in [-0.2, 0) is 0 Å². The number of aromatic nitrogens is 1. The number of hydrogen-bond acceptors (Lipinski definition) is 3. The number of hydrogen-bond donors (Lipinski definition) is 1. The summed E-state index contributed by atoms with van der Waals surface area (Å²) in [4.78, 5) is 4.71. The monoisotopic (exact) mass is 266 g/mol. The third-order valence-corrected chi connectivity index (χ3v) is 2.82. The molecule has 2 aromatic rings. The van der Waals surface area contributed by atoms with Crippen molar-refractivity contribution in [2.45, 2.75) is 6.42 Å². The largest absolute Gasteiger partial charge is 0.491 e. The molecular weight excluding hydrogens is 256 g/mol. The summed E-state index contributed by atoms with van der Waals surface area (Å²) in [6.07, 6.45) is 2.26. The number of nitrogens with zero attached hydrogens (tertiary/aromatic N) is 1. The van der Waals surface area contributed by atoms with Gasteiger partial charge >= 0.3 is 0 Å². The van der Waals surface area contributed by atoms with Crippen molar-refractivity contribution in [3.8, 4) is 5.75 Å². The Morgan fingerprint density at radius 1 is 1.41 bits per heavy atom. The predicted octanol–water partition coefficient (Wildman–Crippen LogP) is 2.94. The van der Waals surface area contributed by atoms with E-state index in [4.69, 9.17) is 34.3 Å². The molecule has 2 rings (SSSR count). The van der Waals surface area contributed by atoms with Crippen LogP contribution >= 0.6 is 23.8 Å². The van der Waals surface area contributed by atoms with Crippen LogP contribution < -0.4 is 10.5 Å². The summed E-state index contributed by atoms with van der Waals surface area (Å²) in [6.45, 7) is 0.447. The number of rotatable bonds is 4. The molecule has 0 atom stereocenters. The summed E-state index contributed by atoms with van der Waals surface area (Å²) in [7, 11) is 0. The highest BCUT2D eigenvalue weighted by Crippen LogP contribution is 2.29. The smallest absolute Gasteiger partial charge is 0.145 e. The Bertz CT molecular complexity index is 559. The number of fused-ring (bicyclic) bond motifs is 1. The van der Waals surface area contributed by atoms with Crippen molar-refractivity contribution < 1.29 is 4.74 Å². The van der Waals surface area contributed by atoms with Crippen LogP contribution in [-0.4, -0.2) is 16.6 Å². The summed E-state index contributed by atoms with van der Waals surface area (Å²) in [5.74, 6) is 0.696. The minimum atomic E-state index is 0.441. The Morgan fingerprint density at radius 3 is 3.00 bits per heavy atom. The van der Waals surface area contributed by atoms with Gasteiger partial charge in [0.05, 0.1) is 16.6 Å². The van der Waals surface area contributed by atoms with E-state index in [2.05, 4.69) is 4.98 Å². The highest BCUT2D eigenvalue weighted by Gasteiger charge is 2.06. The van der Waals surface area contributed by atoms with E-state index in [1.165, 1.54) is 0 Å². The van der Waals surface area contributed by atoms with Gasteiger partial charge in [-0.2, -0.15) is 0 Å². The standard InChI is InChI=1S/C12H11ClN2OS/c13-9-3-4-10(16-7-5-11(14)17)12-8(9)2-1-6-15-12/h1-4,6H,5,7H2,(H2,14,17). The second-order valence-corrected chi connectivity index (χ2v) is 4.44. The third-order valence-electron chi connectivity index (χ3n) is 2.29. The van der Waals surface area contributed by atoms with Gasteiger partial charge in [-0.1, -0.05) is 23.8 Å². The van der Waals surface area contributed by atoms with Crippen LogP contribution in [0.25, 0.3) is 10.9 Å². The number of pyridine rings is 1. The molecule has 0 amide bonds. The first-order valence-electron chi connectivity index (χ1n) is 5.13. The SMILES string of the molecule is NC(=S)CCOc1ccc(Cl)c2cccnc12. The lowest BCUT2D eigenvalue weighted by Gasteiger charge is -2.08. The number of ether oxygens (including phenoxy) is 1. The molecule has 5 heteroatoms. The van der Waals surface area contributed by atoms with Gasteiger partial charge in [-0.3, -0.25) is 4.98 Å². The van der Waals surface area contributed by atoms with Crippen LogP contribution in [0, 0.1) is 0 Å². The van der Waals surface area contributed by atoms with E-state index in [0.29, 0.717) is 28.8 Å². The molecule has 0 aliphatic rings. The highest BCUT2D eigenvalue weighted by molar-refractivity contribution is 7.80. The number of halogens is 1. The van der Waals surface area contributed by atoms with Crippen molar-refractivity contribution in [1.82, 2.24) is 4.98 Å². The summed E-state index contributed by atoms with van der Waals surface area (Å²) in [5.41, 5.74) is 6.16. The van der Waals surface area contributed by atoms with Gasteiger partial charge in [0.2, 0.25) is 0 Å². The fourth-order valence-electron chi connectivity index (χ4n) is 1.49. The maximum atomic E-state index is 6.08. The molecule has 3 nitrogen and oxygen atoms in total. The molecule has 0 fully saturated rings. The van der Waals surface area contributed by atoms with E-state index >= 15 is 0 Å². The second kappa shape index (κ2) is 5.29. The average Bonchev–Trinajstić information content (AvgIpc) is 2.32. The predicted molar refractivity (Wildman–Crippen MR) is 73.7 cm³/mol. The fourth-order valence-corrected chi connectivity index (χ4v) is 1.79. The van der Waals surface area contributed by atoms with Crippen LogP contribution in [0.15, 0.2) is 30.5 Å². The van der Waals surface area contributed by atoms with E-state index in [1.54, 1.807) is 18.3 Å². The van der Waals surface area contributed by atoms with Crippen LogP contribution in [0.1, 0.15) is 6.42 Å². The Morgan fingerprint density at radius 2 is 2.24 bits per heavy atom. The molecule has 1 aromatic carbocycles. The Kier molecular flexibility index (Phi) is 3.76. The topological polar surface area (TPSA) is 48.1 Å². The third kappa shape index (κ3) is 2.84. The van der Waals surface area contributed by atoms with Gasteiger partial charge in [0.1, 0.15) is 11.3 Å². The first kappa shape index (κ1) is 12.1. The van der Waals surface area contributed by atoms with Crippen molar-refractivity contribution in [2.24, 2.45) is 5.73 Å². The van der Waals surface area contributed by atoms with Crippen LogP contribution in [0.4, 0.5) is 0 Å². The molecule has 17 heavy (non-hydrogen) atoms. The molecule has 0 unspecified atom stereocenters. The lowest BCUT2D eigenvalue weighted by molar-refractivity contribution is 0.333. The zero-order valence-electron chi connectivity index (χ0n) is 9.02. The van der Waals surface area contributed by atoms with E-state index in [0.717, 1.165) is 10.9 Å². The lowest BCUT2D eigenvalue weighted by Crippen LogP contribution is -2.12. The van der Waals surface area contributed by atoms with Crippen LogP contribution in [0.3, 0.4) is 0 Å². The van der Waals surface area contributed by atoms with Crippen molar-refractivity contribution >= 4 is 39.7 Å². The molecule has 88 valence electrons. The molecule has 0 aliphatic heterocycles. The molecule has 0 saturated heterocycles. The Labute approximate surface area is 110 Å². The molecule has 0 saturated carbocycles. The van der Waals surface area contributed by atoms with Crippen molar-refractivity contribution in [3.05, 3.63) is 35.5 Å². The normalized spacial score (nSPS) is 10.4. The molecule has 1 aromatic heterocycles. The van der Waals surface area contributed by atoms with E-state index < -0.39 is 0 Å². The fraction of sp³-hybridized carbons (Fsp3) is 0.167. The first-order chi connectivity index (χ1) is 8.18. The minimum absolute atomic E-state index is 0.441. The quantitative estimate of drug-likeness (QED) is 0.865. The van der Waals surface area contributed by atoms with Gasteiger partial charge in [-0.15, -0.1) is 0 Å². The Balaban J connectivity index is 2.28. The maximum absolute atomic E-state index is 6.08. The van der Waals surface area contributed by atoms with Crippen molar-refractivity contribution in [2.75, 3.05) is 6.61 Å². The van der Waals surface area contributed by atoms with Gasteiger partial charge in [-0.25, -0.2) is 0 Å². The first-order valence-corrected chi connectivity index (χ1v) is 5.91. The lowest BCUT2D eigenvalue weighted by atomic mass is 10.2. The van der Waals surface area contributed by atoms with Crippen molar-refractivity contribution in [3.63, 3.8) is 0 Å². The zero-order valence-corrected chi connectivity index (χ0v) is 10.6. The molecule has 2 N–H and O–H groups in total. The van der Waals surface area contributed by atoms with E-state index in [1.807, 2.05) is 12.1 Å². The van der Waals surface area contributed by atoms with Crippen molar-refractivity contribution in [1.29, 1.82) is 0 Å². The van der Waals surface area contributed by atoms with E-state index in [9.17, 15) is 0 Å². The molecule has 0 spiro atoms. The summed E-state index contributed by atoms with van der Waals surface area (Å²) in [5, 5.41) is 1.54. The number of nitrogens with two attached hydrogens (primary N) is 1. The molecule has 0 radical (unpaired) electrons. The van der Waals surface area contributed by atoms with Gasteiger partial charge in [0.15, 0.2) is 0 Å². The second-order valence-electron chi connectivity index (χ2n) is 3.51. The zero-order chi connectivity index (χ0) is 12.3. The van der Waals surface area contributed by atoms with Gasteiger partial charge < -0.3 is 10.5 Å². The molecular formula is C12H11ClN2OS. The number of benzene rings is 1. The van der Waals surface area contributed by atoms with Gasteiger partial charge in [-0.05, 0) is 24.3 Å². The minimum Gasteiger partial charge on any atom is -0.491 e. The van der Waals surface area contributed by atoms with Crippen LogP contribution in [0.2, 0.25) is 5.02 Å². The summed E-state index contributed by atoms with van der Waals surface area (Å²) >= 11 is 10.9. The average molecular weight is 267 g/mol. The van der Waals surface area contributed by atoms with Crippen LogP contribution in [0.5, 0.6) is 5.75 Å². The highest BCUT2D eigenvalue weighted by atomic mass is 35.5. The summed E-state index contributed by atoms with van der Waals surface area (Å²) in [6, 6.07) is 7.34. The molecule has 0 aliphatic carbocycles. The number of thiocarbonyl (C=S) groups is 1. The van der Waals surface area contributed by atoms with E-state index in [-0.39, 0.29) is 0 Å².